The van der Waals surface area contributed by atoms with Crippen LogP contribution in [0.25, 0.3) is 22.0 Å². The number of carbonyl (C=O) groups excluding carboxylic acids is 2. The highest BCUT2D eigenvalue weighted by Crippen LogP contribution is 2.38. The molecule has 0 aliphatic rings. The number of H-pyrrole nitrogens is 1. The Morgan fingerprint density at radius 3 is 2.28 bits per heavy atom. The Labute approximate surface area is 279 Å². The lowest BCUT2D eigenvalue weighted by molar-refractivity contribution is 0.0727. The van der Waals surface area contributed by atoms with E-state index in [1.807, 2.05) is 57.2 Å². The second-order valence-electron chi connectivity index (χ2n) is 9.80. The first-order valence-corrected chi connectivity index (χ1v) is 15.8. The predicted octanol–water partition coefficient (Wildman–Crippen LogP) is 8.43. The summed E-state index contributed by atoms with van der Waals surface area (Å²) >= 11 is 10.0. The monoisotopic (exact) mass is 703 g/mol. The van der Waals surface area contributed by atoms with Gasteiger partial charge in [-0.05, 0) is 87.0 Å². The molecule has 0 bridgehead atoms. The maximum absolute atomic E-state index is 13.4. The van der Waals surface area contributed by atoms with Crippen molar-refractivity contribution in [3.63, 3.8) is 0 Å². The standard InChI is InChI=1S/C35H31BrClN3O6/c1-4-43-28-16-12-22(18-31(28)45-6-3)35(42)46-29-15-11-21(17-30(29)44-5-2)20-38-40-34(41)33-32(24-9-7-8-10-26(24)37)25-19-23(36)13-14-27(25)39-33/h7-20,39H,4-6H2,1-3H3,(H,40,41). The quantitative estimate of drug-likeness (QED) is 0.0584. The van der Waals surface area contributed by atoms with E-state index in [2.05, 4.69) is 31.4 Å². The molecule has 0 spiro atoms. The Morgan fingerprint density at radius 2 is 1.54 bits per heavy atom. The van der Waals surface area contributed by atoms with Crippen LogP contribution in [0.1, 0.15) is 47.2 Å². The number of carbonyl (C=O) groups is 2. The summed E-state index contributed by atoms with van der Waals surface area (Å²) in [6.07, 6.45) is 1.47. The lowest BCUT2D eigenvalue weighted by Gasteiger charge is -2.13. The Morgan fingerprint density at radius 1 is 0.848 bits per heavy atom. The lowest BCUT2D eigenvalue weighted by Crippen LogP contribution is -2.19. The topological polar surface area (TPSA) is 111 Å². The van der Waals surface area contributed by atoms with Crippen LogP contribution in [-0.2, 0) is 0 Å². The van der Waals surface area contributed by atoms with Crippen LogP contribution in [-0.4, -0.2) is 42.9 Å². The number of hydrazone groups is 1. The highest BCUT2D eigenvalue weighted by molar-refractivity contribution is 9.10. The number of amides is 1. The molecule has 0 atom stereocenters. The molecular formula is C35H31BrClN3O6. The lowest BCUT2D eigenvalue weighted by atomic mass is 10.0. The maximum atomic E-state index is 13.4. The largest absolute Gasteiger partial charge is 0.490 e. The number of nitrogens with one attached hydrogen (secondary N) is 2. The summed E-state index contributed by atoms with van der Waals surface area (Å²) in [5, 5.41) is 5.53. The molecule has 0 aliphatic carbocycles. The van der Waals surface area contributed by atoms with Crippen LogP contribution in [0.3, 0.4) is 0 Å². The summed E-state index contributed by atoms with van der Waals surface area (Å²) in [6, 6.07) is 22.9. The zero-order chi connectivity index (χ0) is 32.6. The van der Waals surface area contributed by atoms with Crippen molar-refractivity contribution in [1.29, 1.82) is 0 Å². The third-order valence-electron chi connectivity index (χ3n) is 6.76. The molecule has 0 radical (unpaired) electrons. The van der Waals surface area contributed by atoms with Gasteiger partial charge in [-0.15, -0.1) is 0 Å². The molecule has 5 rings (SSSR count). The van der Waals surface area contributed by atoms with Crippen molar-refractivity contribution in [3.8, 4) is 34.1 Å². The Hall–Kier alpha value is -4.80. The summed E-state index contributed by atoms with van der Waals surface area (Å²) < 4.78 is 23.5. The van der Waals surface area contributed by atoms with Gasteiger partial charge in [0.05, 0.1) is 31.6 Å². The number of ether oxygens (including phenoxy) is 4. The van der Waals surface area contributed by atoms with E-state index < -0.39 is 11.9 Å². The number of aromatic amines is 1. The molecule has 1 amide bonds. The molecule has 0 aliphatic heterocycles. The van der Waals surface area contributed by atoms with Crippen molar-refractivity contribution in [3.05, 3.63) is 105 Å². The molecule has 0 unspecified atom stereocenters. The fraction of sp³-hybridized carbons (Fsp3) is 0.171. The molecule has 236 valence electrons. The van der Waals surface area contributed by atoms with Gasteiger partial charge in [-0.1, -0.05) is 45.7 Å². The number of aromatic nitrogens is 1. The number of benzene rings is 4. The normalized spacial score (nSPS) is 11.1. The van der Waals surface area contributed by atoms with Crippen molar-refractivity contribution in [2.75, 3.05) is 19.8 Å². The van der Waals surface area contributed by atoms with Crippen LogP contribution in [0.2, 0.25) is 5.02 Å². The van der Waals surface area contributed by atoms with Gasteiger partial charge in [0.1, 0.15) is 5.69 Å². The van der Waals surface area contributed by atoms with E-state index in [0.717, 1.165) is 15.4 Å². The SMILES string of the molecule is CCOc1ccc(C(=O)Oc2ccc(C=NNC(=O)c3[nH]c4ccc(Br)cc4c3-c3ccccc3Cl)cc2OCC)cc1OCC. The number of esters is 1. The highest BCUT2D eigenvalue weighted by Gasteiger charge is 2.21. The summed E-state index contributed by atoms with van der Waals surface area (Å²) in [7, 11) is 0. The van der Waals surface area contributed by atoms with Gasteiger partial charge in [0.25, 0.3) is 5.91 Å². The molecular weight excluding hydrogens is 674 g/mol. The Bertz CT molecular complexity index is 1920. The average Bonchev–Trinajstić information content (AvgIpc) is 3.42. The zero-order valence-electron chi connectivity index (χ0n) is 25.4. The summed E-state index contributed by atoms with van der Waals surface area (Å²) in [5.74, 6) is 0.535. The average molecular weight is 705 g/mol. The number of hydrogen-bond acceptors (Lipinski definition) is 7. The van der Waals surface area contributed by atoms with Gasteiger partial charge >= 0.3 is 5.97 Å². The molecule has 0 fully saturated rings. The summed E-state index contributed by atoms with van der Waals surface area (Å²) in [4.78, 5) is 29.6. The minimum Gasteiger partial charge on any atom is -0.490 e. The first-order valence-electron chi connectivity index (χ1n) is 14.6. The van der Waals surface area contributed by atoms with E-state index in [1.165, 1.54) is 6.21 Å². The van der Waals surface area contributed by atoms with Gasteiger partial charge < -0.3 is 23.9 Å². The minimum atomic E-state index is -0.585. The molecule has 1 aromatic heterocycles. The van der Waals surface area contributed by atoms with Crippen LogP contribution >= 0.6 is 27.5 Å². The van der Waals surface area contributed by atoms with Crippen LogP contribution in [0, 0.1) is 0 Å². The van der Waals surface area contributed by atoms with Crippen molar-refractivity contribution in [2.24, 2.45) is 5.10 Å². The van der Waals surface area contributed by atoms with Gasteiger partial charge in [0.2, 0.25) is 0 Å². The van der Waals surface area contributed by atoms with Crippen molar-refractivity contribution >= 4 is 56.5 Å². The van der Waals surface area contributed by atoms with Gasteiger partial charge in [0.15, 0.2) is 23.0 Å². The molecule has 9 nitrogen and oxygen atoms in total. The molecule has 46 heavy (non-hydrogen) atoms. The predicted molar refractivity (Wildman–Crippen MR) is 183 cm³/mol. The number of halogens is 2. The van der Waals surface area contributed by atoms with Gasteiger partial charge in [0, 0.05) is 31.5 Å². The van der Waals surface area contributed by atoms with Gasteiger partial charge in [-0.3, -0.25) is 4.79 Å². The molecule has 0 saturated heterocycles. The van der Waals surface area contributed by atoms with E-state index in [9.17, 15) is 9.59 Å². The van der Waals surface area contributed by atoms with E-state index in [1.54, 1.807) is 42.5 Å². The minimum absolute atomic E-state index is 0.230. The van der Waals surface area contributed by atoms with E-state index in [4.69, 9.17) is 30.5 Å². The molecule has 2 N–H and O–H groups in total. The first-order chi connectivity index (χ1) is 22.3. The van der Waals surface area contributed by atoms with Gasteiger partial charge in [-0.2, -0.15) is 5.10 Å². The van der Waals surface area contributed by atoms with Crippen molar-refractivity contribution < 1.29 is 28.5 Å². The van der Waals surface area contributed by atoms with Crippen LogP contribution in [0.5, 0.6) is 23.0 Å². The Balaban J connectivity index is 1.35. The van der Waals surface area contributed by atoms with E-state index in [-0.39, 0.29) is 5.75 Å². The van der Waals surface area contributed by atoms with Crippen LogP contribution < -0.4 is 24.4 Å². The molecule has 1 heterocycles. The molecule has 4 aromatic carbocycles. The second-order valence-corrected chi connectivity index (χ2v) is 11.1. The zero-order valence-corrected chi connectivity index (χ0v) is 27.7. The van der Waals surface area contributed by atoms with Crippen LogP contribution in [0.4, 0.5) is 0 Å². The number of hydrogen-bond donors (Lipinski definition) is 2. The van der Waals surface area contributed by atoms with E-state index >= 15 is 0 Å². The molecule has 0 saturated carbocycles. The number of fused-ring (bicyclic) bond motifs is 1. The van der Waals surface area contributed by atoms with Crippen molar-refractivity contribution in [1.82, 2.24) is 10.4 Å². The highest BCUT2D eigenvalue weighted by atomic mass is 79.9. The summed E-state index contributed by atoms with van der Waals surface area (Å²) in [5.41, 5.74) is 5.98. The van der Waals surface area contributed by atoms with Gasteiger partial charge in [-0.25, -0.2) is 10.2 Å². The van der Waals surface area contributed by atoms with Crippen molar-refractivity contribution in [2.45, 2.75) is 20.8 Å². The Kier molecular flexibility index (Phi) is 10.6. The van der Waals surface area contributed by atoms with E-state index in [0.29, 0.717) is 70.0 Å². The second kappa shape index (κ2) is 15.0. The number of nitrogens with zero attached hydrogens (tertiary/aromatic N) is 1. The fourth-order valence-corrected chi connectivity index (χ4v) is 5.39. The third kappa shape index (κ3) is 7.35. The smallest absolute Gasteiger partial charge is 0.343 e. The maximum Gasteiger partial charge on any atom is 0.343 e. The number of rotatable bonds is 12. The van der Waals surface area contributed by atoms with Crippen LogP contribution in [0.15, 0.2) is 88.4 Å². The summed E-state index contributed by atoms with van der Waals surface area (Å²) in [6.45, 7) is 6.76. The first kappa shape index (κ1) is 32.6. The third-order valence-corrected chi connectivity index (χ3v) is 7.58. The molecule has 11 heteroatoms. The fourth-order valence-electron chi connectivity index (χ4n) is 4.79. The molecule has 5 aromatic rings.